The third-order valence-electron chi connectivity index (χ3n) is 7.41. The van der Waals surface area contributed by atoms with E-state index in [1.165, 1.54) is 16.2 Å². The Morgan fingerprint density at radius 2 is 1.65 bits per heavy atom. The highest BCUT2D eigenvalue weighted by molar-refractivity contribution is 6.10. The van der Waals surface area contributed by atoms with E-state index in [9.17, 15) is 19.5 Å². The molecule has 2 aliphatic rings. The molecule has 2 fully saturated rings. The third-order valence-corrected chi connectivity index (χ3v) is 7.41. The van der Waals surface area contributed by atoms with E-state index >= 15 is 0 Å². The van der Waals surface area contributed by atoms with Gasteiger partial charge in [-0.3, -0.25) is 19.3 Å². The summed E-state index contributed by atoms with van der Waals surface area (Å²) in [5.74, 6) is -0.383. The highest BCUT2D eigenvalue weighted by Gasteiger charge is 2.54. The number of amides is 3. The van der Waals surface area contributed by atoms with E-state index in [4.69, 9.17) is 0 Å². The number of likely N-dealkylation sites (tertiary alicyclic amines) is 1. The van der Waals surface area contributed by atoms with Gasteiger partial charge in [-0.2, -0.15) is 0 Å². The van der Waals surface area contributed by atoms with Crippen molar-refractivity contribution in [2.24, 2.45) is 5.92 Å². The Balaban J connectivity index is 1.54. The van der Waals surface area contributed by atoms with Gasteiger partial charge in [0.15, 0.2) is 0 Å². The molecule has 0 bridgehead atoms. The number of hydrogen-bond acceptors (Lipinski definition) is 4. The Kier molecular flexibility index (Phi) is 7.47. The first-order valence-electron chi connectivity index (χ1n) is 12.3. The number of likely N-dealkylation sites (N-methyl/N-ethyl adjacent to an activating group) is 1. The number of rotatable bonds is 8. The Hall–Kier alpha value is -2.99. The second kappa shape index (κ2) is 10.5. The van der Waals surface area contributed by atoms with Gasteiger partial charge in [-0.15, -0.1) is 0 Å². The molecule has 180 valence electrons. The largest absolute Gasteiger partial charge is 0.387 e. The number of benzene rings is 2. The van der Waals surface area contributed by atoms with E-state index in [0.29, 0.717) is 18.0 Å². The number of aliphatic hydroxyl groups is 1. The predicted molar refractivity (Wildman–Crippen MR) is 130 cm³/mol. The van der Waals surface area contributed by atoms with Crippen molar-refractivity contribution >= 4 is 17.7 Å². The summed E-state index contributed by atoms with van der Waals surface area (Å²) >= 11 is 0. The lowest BCUT2D eigenvalue weighted by Gasteiger charge is -2.31. The molecule has 6 heteroatoms. The van der Waals surface area contributed by atoms with Gasteiger partial charge >= 0.3 is 0 Å². The molecule has 2 aromatic rings. The van der Waals surface area contributed by atoms with Crippen LogP contribution in [0.2, 0.25) is 0 Å². The molecule has 4 rings (SSSR count). The van der Waals surface area contributed by atoms with Gasteiger partial charge in [0.2, 0.25) is 17.7 Å². The number of hydrogen-bond donors (Lipinski definition) is 1. The van der Waals surface area contributed by atoms with Gasteiger partial charge in [0.25, 0.3) is 0 Å². The van der Waals surface area contributed by atoms with Gasteiger partial charge in [0, 0.05) is 26.4 Å². The Bertz CT molecular complexity index is 1000. The number of carbonyl (C=O) groups excluding carboxylic acids is 3. The lowest BCUT2D eigenvalue weighted by Crippen LogP contribution is -2.44. The summed E-state index contributed by atoms with van der Waals surface area (Å²) in [7, 11) is 1.63. The van der Waals surface area contributed by atoms with Crippen LogP contribution < -0.4 is 0 Å². The number of carbonyl (C=O) groups is 3. The van der Waals surface area contributed by atoms with Crippen LogP contribution in [-0.4, -0.2) is 52.8 Å². The summed E-state index contributed by atoms with van der Waals surface area (Å²) in [4.78, 5) is 43.1. The average Bonchev–Trinajstić information content (AvgIpc) is 3.10. The average molecular weight is 463 g/mol. The topological polar surface area (TPSA) is 77.9 Å². The zero-order valence-corrected chi connectivity index (χ0v) is 19.9. The maximum atomic E-state index is 13.8. The highest BCUT2D eigenvalue weighted by atomic mass is 16.3. The van der Waals surface area contributed by atoms with Crippen LogP contribution in [0.5, 0.6) is 0 Å². The smallest absolute Gasteiger partial charge is 0.240 e. The summed E-state index contributed by atoms with van der Waals surface area (Å²) in [5, 5.41) is 10.6. The molecule has 1 N–H and O–H groups in total. The van der Waals surface area contributed by atoms with Crippen molar-refractivity contribution in [1.29, 1.82) is 0 Å². The first kappa shape index (κ1) is 24.1. The van der Waals surface area contributed by atoms with Crippen LogP contribution in [0.3, 0.4) is 0 Å². The van der Waals surface area contributed by atoms with Crippen molar-refractivity contribution in [1.82, 2.24) is 9.80 Å². The van der Waals surface area contributed by atoms with Crippen molar-refractivity contribution in [2.45, 2.75) is 56.5 Å². The molecule has 1 heterocycles. The zero-order chi connectivity index (χ0) is 24.1. The first-order valence-corrected chi connectivity index (χ1v) is 12.3. The predicted octanol–water partition coefficient (Wildman–Crippen LogP) is 3.85. The van der Waals surface area contributed by atoms with E-state index in [2.05, 4.69) is 0 Å². The second-order valence-electron chi connectivity index (χ2n) is 9.82. The van der Waals surface area contributed by atoms with Gasteiger partial charge in [-0.1, -0.05) is 79.9 Å². The summed E-state index contributed by atoms with van der Waals surface area (Å²) in [6.07, 6.45) is 4.64. The molecule has 34 heavy (non-hydrogen) atoms. The third kappa shape index (κ3) is 5.07. The lowest BCUT2D eigenvalue weighted by atomic mass is 9.75. The van der Waals surface area contributed by atoms with E-state index in [1.807, 2.05) is 60.7 Å². The van der Waals surface area contributed by atoms with Crippen LogP contribution in [0.1, 0.15) is 62.2 Å². The molecule has 3 amide bonds. The van der Waals surface area contributed by atoms with Gasteiger partial charge < -0.3 is 10.0 Å². The zero-order valence-electron chi connectivity index (χ0n) is 19.9. The molecule has 1 aliphatic heterocycles. The Morgan fingerprint density at radius 1 is 1.03 bits per heavy atom. The van der Waals surface area contributed by atoms with Crippen molar-refractivity contribution in [3.05, 3.63) is 71.8 Å². The van der Waals surface area contributed by atoms with Gasteiger partial charge in [-0.25, -0.2) is 0 Å². The summed E-state index contributed by atoms with van der Waals surface area (Å²) in [6, 6.07) is 18.4. The minimum Gasteiger partial charge on any atom is -0.387 e. The molecule has 0 unspecified atom stereocenters. The lowest BCUT2D eigenvalue weighted by molar-refractivity contribution is -0.143. The number of aliphatic hydroxyl groups excluding tert-OH is 1. The Morgan fingerprint density at radius 3 is 2.29 bits per heavy atom. The fourth-order valence-corrected chi connectivity index (χ4v) is 5.37. The van der Waals surface area contributed by atoms with Gasteiger partial charge in [0.1, 0.15) is 0 Å². The van der Waals surface area contributed by atoms with E-state index in [-0.39, 0.29) is 37.1 Å². The summed E-state index contributed by atoms with van der Waals surface area (Å²) < 4.78 is 0. The maximum Gasteiger partial charge on any atom is 0.240 e. The van der Waals surface area contributed by atoms with Crippen molar-refractivity contribution in [2.75, 3.05) is 20.1 Å². The monoisotopic (exact) mass is 462 g/mol. The van der Waals surface area contributed by atoms with Crippen molar-refractivity contribution in [3.63, 3.8) is 0 Å². The van der Waals surface area contributed by atoms with Crippen LogP contribution in [0.15, 0.2) is 60.7 Å². The molecule has 0 radical (unpaired) electrons. The van der Waals surface area contributed by atoms with E-state index in [0.717, 1.165) is 31.2 Å². The first-order chi connectivity index (χ1) is 16.4. The van der Waals surface area contributed by atoms with E-state index < -0.39 is 11.5 Å². The molecular weight excluding hydrogens is 428 g/mol. The minimum absolute atomic E-state index is 0.00336. The molecule has 0 aromatic heterocycles. The molecule has 6 nitrogen and oxygen atoms in total. The standard InChI is InChI=1S/C28H34N2O4/c1-29(20-24(31)22-13-7-3-8-14-22)25(32)17-28(23-15-9-4-10-16-23)18-26(33)30(27(28)34)19-21-11-5-2-6-12-21/h3-4,7-10,13-16,21,24,31H,2,5-6,11-12,17-20H2,1H3/t24-,28-/m1/s1. The van der Waals surface area contributed by atoms with Crippen LogP contribution in [0.4, 0.5) is 0 Å². The number of imide groups is 1. The maximum absolute atomic E-state index is 13.8. The SMILES string of the molecule is CN(C[C@@H](O)c1ccccc1)C(=O)C[C@]1(c2ccccc2)CC(=O)N(CC2CCCCC2)C1=O. The van der Waals surface area contributed by atoms with Crippen LogP contribution in [0, 0.1) is 5.92 Å². The molecule has 0 spiro atoms. The highest BCUT2D eigenvalue weighted by Crippen LogP contribution is 2.41. The van der Waals surface area contributed by atoms with Crippen LogP contribution in [0.25, 0.3) is 0 Å². The molecular formula is C28H34N2O4. The van der Waals surface area contributed by atoms with Crippen molar-refractivity contribution in [3.8, 4) is 0 Å². The second-order valence-corrected chi connectivity index (χ2v) is 9.82. The Labute approximate surface area is 201 Å². The molecule has 2 atom stereocenters. The van der Waals surface area contributed by atoms with Crippen LogP contribution in [-0.2, 0) is 19.8 Å². The minimum atomic E-state index is -1.20. The summed E-state index contributed by atoms with van der Waals surface area (Å²) in [5.41, 5.74) is 0.228. The fourth-order valence-electron chi connectivity index (χ4n) is 5.37. The van der Waals surface area contributed by atoms with Gasteiger partial charge in [-0.05, 0) is 29.9 Å². The molecule has 1 saturated heterocycles. The van der Waals surface area contributed by atoms with Crippen LogP contribution >= 0.6 is 0 Å². The fraction of sp³-hybridized carbons (Fsp3) is 0.464. The molecule has 1 saturated carbocycles. The normalized spacial score (nSPS) is 22.1. The summed E-state index contributed by atoms with van der Waals surface area (Å²) in [6.45, 7) is 0.560. The quantitative estimate of drug-likeness (QED) is 0.605. The molecule has 2 aromatic carbocycles. The van der Waals surface area contributed by atoms with Crippen molar-refractivity contribution < 1.29 is 19.5 Å². The molecule has 1 aliphatic carbocycles. The van der Waals surface area contributed by atoms with Gasteiger partial charge in [0.05, 0.1) is 18.1 Å². The van der Waals surface area contributed by atoms with E-state index in [1.54, 1.807) is 7.05 Å². The number of nitrogens with zero attached hydrogens (tertiary/aromatic N) is 2.